The molecule has 3 aliphatic rings. The quantitative estimate of drug-likeness (QED) is 0.270. The van der Waals surface area contributed by atoms with Gasteiger partial charge in [-0.25, -0.2) is 9.37 Å². The average Bonchev–Trinajstić information content (AvgIpc) is 3.83. The van der Waals surface area contributed by atoms with E-state index < -0.39 is 5.82 Å². The maximum atomic E-state index is 14.2. The Morgan fingerprint density at radius 2 is 1.91 bits per heavy atom. The molecule has 1 N–H and O–H groups in total. The van der Waals surface area contributed by atoms with Crippen LogP contribution in [0.5, 0.6) is 5.75 Å². The second-order valence-corrected chi connectivity index (χ2v) is 12.5. The van der Waals surface area contributed by atoms with Crippen molar-refractivity contribution in [1.82, 2.24) is 24.8 Å². The number of hydrogen-bond acceptors (Lipinski definition) is 6. The molecule has 2 fully saturated rings. The number of halogens is 1. The summed E-state index contributed by atoms with van der Waals surface area (Å²) in [5.74, 6) is 1.28. The summed E-state index contributed by atoms with van der Waals surface area (Å²) in [6.45, 7) is 9.26. The predicted octanol–water partition coefficient (Wildman–Crippen LogP) is 5.87. The first-order valence-corrected chi connectivity index (χ1v) is 16.2. The summed E-state index contributed by atoms with van der Waals surface area (Å²) in [5, 5.41) is 4.65. The number of aryl methyl sites for hydroxylation is 2. The van der Waals surface area contributed by atoms with Gasteiger partial charge in [-0.1, -0.05) is 19.1 Å². The largest absolute Gasteiger partial charge is 0.493 e. The number of nitrogens with one attached hydrogen (secondary N) is 1. The first-order chi connectivity index (χ1) is 21.9. The Morgan fingerprint density at radius 1 is 1.09 bits per heavy atom. The lowest BCUT2D eigenvalue weighted by molar-refractivity contribution is 0.0746. The molecule has 45 heavy (non-hydrogen) atoms. The Hall–Kier alpha value is -4.24. The van der Waals surface area contributed by atoms with E-state index in [0.29, 0.717) is 49.2 Å². The van der Waals surface area contributed by atoms with Gasteiger partial charge in [0, 0.05) is 84.5 Å². The topological polar surface area (TPSA) is 75.5 Å². The molecule has 0 spiro atoms. The van der Waals surface area contributed by atoms with Gasteiger partial charge in [-0.2, -0.15) is 0 Å². The van der Waals surface area contributed by atoms with Crippen LogP contribution in [0.25, 0.3) is 27.6 Å². The molecular formula is C36H41FN6O2. The summed E-state index contributed by atoms with van der Waals surface area (Å²) in [6, 6.07) is 12.1. The van der Waals surface area contributed by atoms with Crippen LogP contribution in [0, 0.1) is 18.7 Å². The summed E-state index contributed by atoms with van der Waals surface area (Å²) in [6.07, 6.45) is 7.93. The van der Waals surface area contributed by atoms with E-state index in [1.54, 1.807) is 0 Å². The van der Waals surface area contributed by atoms with E-state index in [1.165, 1.54) is 49.0 Å². The maximum absolute atomic E-state index is 14.2. The second-order valence-electron chi connectivity index (χ2n) is 12.5. The number of rotatable bonds is 8. The molecule has 1 aliphatic carbocycles. The minimum absolute atomic E-state index is 0.0185. The summed E-state index contributed by atoms with van der Waals surface area (Å²) < 4.78 is 21.7. The number of pyridine rings is 2. The fourth-order valence-electron chi connectivity index (χ4n) is 6.83. The third-order valence-corrected chi connectivity index (χ3v) is 9.36. The van der Waals surface area contributed by atoms with Gasteiger partial charge in [-0.15, -0.1) is 0 Å². The van der Waals surface area contributed by atoms with Gasteiger partial charge in [0.2, 0.25) is 0 Å². The Labute approximate surface area is 263 Å². The van der Waals surface area contributed by atoms with Crippen molar-refractivity contribution in [2.75, 3.05) is 51.3 Å². The first kappa shape index (κ1) is 29.5. The van der Waals surface area contributed by atoms with E-state index >= 15 is 0 Å². The van der Waals surface area contributed by atoms with Crippen LogP contribution < -0.4 is 15.0 Å². The highest BCUT2D eigenvalue weighted by molar-refractivity contribution is 6.05. The number of nitrogens with zero attached hydrogens (tertiary/aromatic N) is 5. The van der Waals surface area contributed by atoms with Crippen molar-refractivity contribution in [2.45, 2.75) is 46.1 Å². The van der Waals surface area contributed by atoms with Crippen LogP contribution in [0.1, 0.15) is 53.6 Å². The molecule has 3 aromatic heterocycles. The molecule has 0 unspecified atom stereocenters. The van der Waals surface area contributed by atoms with Crippen LogP contribution >= 0.6 is 0 Å². The van der Waals surface area contributed by atoms with E-state index in [1.807, 2.05) is 11.8 Å². The molecule has 234 valence electrons. The van der Waals surface area contributed by atoms with E-state index in [9.17, 15) is 9.18 Å². The zero-order valence-electron chi connectivity index (χ0n) is 26.4. The molecule has 1 saturated heterocycles. The van der Waals surface area contributed by atoms with Crippen LogP contribution in [-0.4, -0.2) is 71.7 Å². The fourth-order valence-corrected chi connectivity index (χ4v) is 6.83. The summed E-state index contributed by atoms with van der Waals surface area (Å²) in [4.78, 5) is 27.4. The normalized spacial score (nSPS) is 17.1. The lowest BCUT2D eigenvalue weighted by atomic mass is 9.96. The molecule has 1 aromatic carbocycles. The monoisotopic (exact) mass is 608 g/mol. The van der Waals surface area contributed by atoms with Crippen LogP contribution in [0.3, 0.4) is 0 Å². The molecule has 8 nitrogen and oxygen atoms in total. The van der Waals surface area contributed by atoms with Gasteiger partial charge >= 0.3 is 0 Å². The molecule has 0 bridgehead atoms. The molecule has 0 radical (unpaired) electrons. The van der Waals surface area contributed by atoms with Crippen molar-refractivity contribution in [1.29, 1.82) is 0 Å². The van der Waals surface area contributed by atoms with Gasteiger partial charge in [-0.3, -0.25) is 9.78 Å². The van der Waals surface area contributed by atoms with Gasteiger partial charge in [0.25, 0.3) is 5.91 Å². The fraction of sp³-hybridized carbons (Fsp3) is 0.417. The van der Waals surface area contributed by atoms with Gasteiger partial charge in [0.1, 0.15) is 5.82 Å². The molecule has 2 aliphatic heterocycles. The third kappa shape index (κ3) is 5.81. The molecule has 5 heterocycles. The van der Waals surface area contributed by atoms with Crippen molar-refractivity contribution in [3.05, 3.63) is 77.1 Å². The first-order valence-electron chi connectivity index (χ1n) is 16.2. The summed E-state index contributed by atoms with van der Waals surface area (Å²) in [7, 11) is 1.52. The molecule has 4 aromatic rings. The van der Waals surface area contributed by atoms with Crippen LogP contribution in [0.4, 0.5) is 10.2 Å². The maximum Gasteiger partial charge on any atom is 0.254 e. The van der Waals surface area contributed by atoms with Crippen LogP contribution in [0.2, 0.25) is 0 Å². The number of amides is 1. The summed E-state index contributed by atoms with van der Waals surface area (Å²) in [5.41, 5.74) is 8.69. The number of hydrogen-bond donors (Lipinski definition) is 1. The van der Waals surface area contributed by atoms with Crippen molar-refractivity contribution >= 4 is 28.2 Å². The molecule has 1 saturated carbocycles. The number of aromatic nitrogens is 3. The van der Waals surface area contributed by atoms with E-state index in [-0.39, 0.29) is 5.91 Å². The van der Waals surface area contributed by atoms with E-state index in [4.69, 9.17) is 9.72 Å². The Kier molecular flexibility index (Phi) is 8.04. The minimum Gasteiger partial charge on any atom is -0.493 e. The van der Waals surface area contributed by atoms with Crippen molar-refractivity contribution in [3.63, 3.8) is 0 Å². The van der Waals surface area contributed by atoms with Crippen molar-refractivity contribution < 1.29 is 13.9 Å². The highest BCUT2D eigenvalue weighted by Gasteiger charge is 2.29. The highest BCUT2D eigenvalue weighted by Crippen LogP contribution is 2.40. The number of ether oxygens (including phenoxy) is 1. The molecule has 1 amide bonds. The second kappa shape index (κ2) is 12.3. The minimum atomic E-state index is -0.434. The number of carbonyl (C=O) groups is 1. The molecular weight excluding hydrogens is 567 g/mol. The number of piperazine rings is 1. The number of anilines is 1. The Balaban J connectivity index is 1.29. The molecule has 9 heteroatoms. The van der Waals surface area contributed by atoms with Gasteiger partial charge in [0.05, 0.1) is 18.8 Å². The van der Waals surface area contributed by atoms with Crippen molar-refractivity contribution in [2.24, 2.45) is 5.92 Å². The predicted molar refractivity (Wildman–Crippen MR) is 176 cm³/mol. The van der Waals surface area contributed by atoms with E-state index in [2.05, 4.69) is 63.1 Å². The number of methoxy groups -OCH3 is 1. The van der Waals surface area contributed by atoms with Gasteiger partial charge in [-0.05, 0) is 74.9 Å². The summed E-state index contributed by atoms with van der Waals surface area (Å²) >= 11 is 0. The zero-order chi connectivity index (χ0) is 31.1. The number of benzene rings is 1. The van der Waals surface area contributed by atoms with Gasteiger partial charge in [0.15, 0.2) is 11.6 Å². The number of carbonyl (C=O) groups excluding carboxylic acids is 1. The molecule has 0 atom stereocenters. The smallest absolute Gasteiger partial charge is 0.254 e. The van der Waals surface area contributed by atoms with Gasteiger partial charge < -0.3 is 24.4 Å². The standard InChI is InChI=1S/C36H41FN6O2/c1-4-31-29(10-7-23(2)40-31)30-17-27(36(44)42-14-12-41(13-15-42)35-33(45-3)19-28(37)21-39-35)16-26-18-32(25-6-5-11-38-20-25)43(34(26)30)22-24-8-9-24/h6-7,10,16-19,21,24,38H,4-5,8-9,11-15,20,22H2,1-3H3. The highest BCUT2D eigenvalue weighted by atomic mass is 19.1. The Bertz CT molecular complexity index is 1780. The Morgan fingerprint density at radius 3 is 2.62 bits per heavy atom. The lowest BCUT2D eigenvalue weighted by Crippen LogP contribution is -2.49. The number of fused-ring (bicyclic) bond motifs is 1. The lowest BCUT2D eigenvalue weighted by Gasteiger charge is -2.36. The third-order valence-electron chi connectivity index (χ3n) is 9.36. The SMILES string of the molecule is CCc1nc(C)ccc1-c1cc(C(=O)N2CCN(c3ncc(F)cc3OC)CC2)cc2cc(C3=CCCNC3)n(CC3CC3)c12. The zero-order valence-corrected chi connectivity index (χ0v) is 26.4. The van der Waals surface area contributed by atoms with E-state index in [0.717, 1.165) is 60.4 Å². The average molecular weight is 609 g/mol. The van der Waals surface area contributed by atoms with Crippen LogP contribution in [-0.2, 0) is 13.0 Å². The van der Waals surface area contributed by atoms with Crippen LogP contribution in [0.15, 0.2) is 48.7 Å². The van der Waals surface area contributed by atoms with Crippen molar-refractivity contribution in [3.8, 4) is 16.9 Å². The molecule has 7 rings (SSSR count).